The van der Waals surface area contributed by atoms with Gasteiger partial charge >= 0.3 is 0 Å². The largest absolute Gasteiger partial charge is 0.398 e. The minimum atomic E-state index is -2.52. The minimum Gasteiger partial charge on any atom is -0.398 e. The molecular weight excluding hydrogens is 208 g/mol. The van der Waals surface area contributed by atoms with Crippen LogP contribution < -0.4 is 11.1 Å². The summed E-state index contributed by atoms with van der Waals surface area (Å²) in [6, 6.07) is 3.67. The fourth-order valence-electron chi connectivity index (χ4n) is 1.04. The number of anilines is 2. The molecule has 0 aliphatic rings. The van der Waals surface area contributed by atoms with E-state index < -0.39 is 17.9 Å². The summed E-state index contributed by atoms with van der Waals surface area (Å²) in [7, 11) is 0. The van der Waals surface area contributed by atoms with Crippen LogP contribution in [0.1, 0.15) is 0 Å². The fraction of sp³-hybridized carbons (Fsp3) is 0.250. The van der Waals surface area contributed by atoms with Crippen LogP contribution in [0.2, 0.25) is 0 Å². The highest BCUT2D eigenvalue weighted by atomic mass is 19.3. The van der Waals surface area contributed by atoms with Gasteiger partial charge in [0.25, 0.3) is 12.1 Å². The molecule has 1 aromatic carbocycles. The number of alkyl halides is 2. The lowest BCUT2D eigenvalue weighted by Gasteiger charge is -2.06. The monoisotopic (exact) mass is 217 g/mol. The van der Waals surface area contributed by atoms with Crippen molar-refractivity contribution in [2.45, 2.75) is 6.43 Å². The number of halogens is 2. The fourth-order valence-corrected chi connectivity index (χ4v) is 1.04. The van der Waals surface area contributed by atoms with Gasteiger partial charge in [0.1, 0.15) is 0 Å². The van der Waals surface area contributed by atoms with Crippen LogP contribution in [0.4, 0.5) is 25.8 Å². The van der Waals surface area contributed by atoms with Gasteiger partial charge < -0.3 is 11.1 Å². The summed E-state index contributed by atoms with van der Waals surface area (Å²) in [4.78, 5) is 9.78. The first kappa shape index (κ1) is 11.2. The second-order valence-electron chi connectivity index (χ2n) is 2.84. The molecule has 0 radical (unpaired) electrons. The number of nitro groups is 1. The maximum absolute atomic E-state index is 11.9. The molecule has 0 saturated carbocycles. The summed E-state index contributed by atoms with van der Waals surface area (Å²) in [6.07, 6.45) is -2.52. The van der Waals surface area contributed by atoms with Crippen molar-refractivity contribution >= 4 is 17.1 Å². The van der Waals surface area contributed by atoms with Crippen LogP contribution in [0.25, 0.3) is 0 Å². The number of non-ortho nitro benzene ring substituents is 1. The lowest BCUT2D eigenvalue weighted by molar-refractivity contribution is -0.384. The molecule has 5 nitrogen and oxygen atoms in total. The van der Waals surface area contributed by atoms with Crippen molar-refractivity contribution in [1.29, 1.82) is 0 Å². The summed E-state index contributed by atoms with van der Waals surface area (Å²) >= 11 is 0. The molecule has 0 fully saturated rings. The second kappa shape index (κ2) is 4.54. The average molecular weight is 217 g/mol. The Balaban J connectivity index is 2.84. The van der Waals surface area contributed by atoms with Crippen LogP contribution in [-0.2, 0) is 0 Å². The molecule has 0 aliphatic carbocycles. The standard InChI is InChI=1S/C8H9F2N3O2/c9-8(10)4-12-6-1-5(11)2-7(3-6)13(14)15/h1-3,8,12H,4,11H2. The van der Waals surface area contributed by atoms with Gasteiger partial charge in [-0.2, -0.15) is 0 Å². The van der Waals surface area contributed by atoms with Gasteiger partial charge in [0.2, 0.25) is 0 Å². The molecule has 15 heavy (non-hydrogen) atoms. The molecule has 0 bridgehead atoms. The van der Waals surface area contributed by atoms with Crippen LogP contribution in [0.3, 0.4) is 0 Å². The number of nitro benzene ring substituents is 1. The summed E-state index contributed by atoms with van der Waals surface area (Å²) in [5.41, 5.74) is 5.51. The third-order valence-electron chi connectivity index (χ3n) is 1.61. The Morgan fingerprint density at radius 3 is 2.67 bits per heavy atom. The third-order valence-corrected chi connectivity index (χ3v) is 1.61. The maximum atomic E-state index is 11.9. The Hall–Kier alpha value is -1.92. The van der Waals surface area contributed by atoms with Crippen molar-refractivity contribution in [3.05, 3.63) is 28.3 Å². The molecule has 0 aliphatic heterocycles. The van der Waals surface area contributed by atoms with E-state index in [-0.39, 0.29) is 17.1 Å². The van der Waals surface area contributed by atoms with Crippen molar-refractivity contribution in [2.24, 2.45) is 0 Å². The Kier molecular flexibility index (Phi) is 3.37. The van der Waals surface area contributed by atoms with Gasteiger partial charge in [0, 0.05) is 23.5 Å². The quantitative estimate of drug-likeness (QED) is 0.458. The first-order valence-corrected chi connectivity index (χ1v) is 4.06. The second-order valence-corrected chi connectivity index (χ2v) is 2.84. The first-order valence-electron chi connectivity index (χ1n) is 4.06. The normalized spacial score (nSPS) is 10.3. The predicted octanol–water partition coefficient (Wildman–Crippen LogP) is 1.85. The van der Waals surface area contributed by atoms with Gasteiger partial charge in [-0.05, 0) is 6.07 Å². The molecule has 0 amide bonds. The number of nitrogens with zero attached hydrogens (tertiary/aromatic N) is 1. The van der Waals surface area contributed by atoms with E-state index in [9.17, 15) is 18.9 Å². The number of nitrogens with two attached hydrogens (primary N) is 1. The number of hydrogen-bond acceptors (Lipinski definition) is 4. The minimum absolute atomic E-state index is 0.154. The van der Waals surface area contributed by atoms with E-state index in [4.69, 9.17) is 5.73 Å². The number of nitrogen functional groups attached to an aromatic ring is 1. The van der Waals surface area contributed by atoms with Crippen LogP contribution in [-0.4, -0.2) is 17.9 Å². The SMILES string of the molecule is Nc1cc(NCC(F)F)cc([N+](=O)[O-])c1. The van der Waals surface area contributed by atoms with E-state index in [0.29, 0.717) is 0 Å². The van der Waals surface area contributed by atoms with Crippen LogP contribution in [0.5, 0.6) is 0 Å². The summed E-state index contributed by atoms with van der Waals surface area (Å²) < 4.78 is 23.7. The molecule has 0 aromatic heterocycles. The highest BCUT2D eigenvalue weighted by Crippen LogP contribution is 2.22. The van der Waals surface area contributed by atoms with Crippen molar-refractivity contribution in [1.82, 2.24) is 0 Å². The molecule has 3 N–H and O–H groups in total. The van der Waals surface area contributed by atoms with E-state index in [0.717, 1.165) is 12.1 Å². The first-order chi connectivity index (χ1) is 6.99. The van der Waals surface area contributed by atoms with E-state index in [1.807, 2.05) is 0 Å². The average Bonchev–Trinajstić information content (AvgIpc) is 2.13. The molecule has 1 rings (SSSR count). The highest BCUT2D eigenvalue weighted by Gasteiger charge is 2.09. The Bertz CT molecular complexity index is 371. The lowest BCUT2D eigenvalue weighted by Crippen LogP contribution is -2.10. The third kappa shape index (κ3) is 3.37. The molecule has 0 unspecified atom stereocenters. The van der Waals surface area contributed by atoms with Crippen LogP contribution in [0.15, 0.2) is 18.2 Å². The molecule has 1 aromatic rings. The van der Waals surface area contributed by atoms with E-state index in [1.165, 1.54) is 6.07 Å². The zero-order valence-electron chi connectivity index (χ0n) is 7.61. The summed E-state index contributed by atoms with van der Waals surface area (Å²) in [6.45, 7) is -0.569. The smallest absolute Gasteiger partial charge is 0.273 e. The molecule has 0 spiro atoms. The van der Waals surface area contributed by atoms with E-state index in [1.54, 1.807) is 0 Å². The van der Waals surface area contributed by atoms with Gasteiger partial charge in [-0.25, -0.2) is 8.78 Å². The molecule has 0 saturated heterocycles. The van der Waals surface area contributed by atoms with E-state index in [2.05, 4.69) is 5.32 Å². The number of hydrogen-bond donors (Lipinski definition) is 2. The van der Waals surface area contributed by atoms with Crippen molar-refractivity contribution < 1.29 is 13.7 Å². The van der Waals surface area contributed by atoms with Gasteiger partial charge in [0.05, 0.1) is 11.5 Å². The van der Waals surface area contributed by atoms with Gasteiger partial charge in [0.15, 0.2) is 0 Å². The zero-order valence-corrected chi connectivity index (χ0v) is 7.61. The topological polar surface area (TPSA) is 81.2 Å². The molecule has 82 valence electrons. The predicted molar refractivity (Wildman–Crippen MR) is 52.0 cm³/mol. The summed E-state index contributed by atoms with van der Waals surface area (Å²) in [5.74, 6) is 0. The van der Waals surface area contributed by atoms with Gasteiger partial charge in [-0.1, -0.05) is 0 Å². The Labute approximate surface area is 84.0 Å². The number of rotatable bonds is 4. The lowest BCUT2D eigenvalue weighted by atomic mass is 10.2. The number of nitrogens with one attached hydrogen (secondary N) is 1. The van der Waals surface area contributed by atoms with Crippen molar-refractivity contribution in [2.75, 3.05) is 17.6 Å². The molecule has 0 atom stereocenters. The molecule has 7 heteroatoms. The van der Waals surface area contributed by atoms with Gasteiger partial charge in [-0.3, -0.25) is 10.1 Å². The summed E-state index contributed by atoms with van der Waals surface area (Å²) in [5, 5.41) is 12.8. The zero-order chi connectivity index (χ0) is 11.4. The molecular formula is C8H9F2N3O2. The maximum Gasteiger partial charge on any atom is 0.273 e. The Morgan fingerprint density at radius 1 is 1.47 bits per heavy atom. The molecule has 0 heterocycles. The van der Waals surface area contributed by atoms with Crippen molar-refractivity contribution in [3.63, 3.8) is 0 Å². The Morgan fingerprint density at radius 2 is 2.13 bits per heavy atom. The number of benzene rings is 1. The highest BCUT2D eigenvalue weighted by molar-refractivity contribution is 5.61. The van der Waals surface area contributed by atoms with Crippen LogP contribution >= 0.6 is 0 Å². The van der Waals surface area contributed by atoms with Crippen molar-refractivity contribution in [3.8, 4) is 0 Å². The van der Waals surface area contributed by atoms with Crippen LogP contribution in [0, 0.1) is 10.1 Å². The van der Waals surface area contributed by atoms with Gasteiger partial charge in [-0.15, -0.1) is 0 Å². The van der Waals surface area contributed by atoms with E-state index >= 15 is 0 Å².